The Labute approximate surface area is 57.3 Å². The highest BCUT2D eigenvalue weighted by atomic mass is 14.4. The van der Waals surface area contributed by atoms with Crippen LogP contribution < -0.4 is 0 Å². The van der Waals surface area contributed by atoms with Crippen LogP contribution in [0.2, 0.25) is 0 Å². The van der Waals surface area contributed by atoms with Crippen LogP contribution in [0.5, 0.6) is 0 Å². The summed E-state index contributed by atoms with van der Waals surface area (Å²) in [5.41, 5.74) is 1.61. The van der Waals surface area contributed by atoms with Gasteiger partial charge in [0.15, 0.2) is 0 Å². The van der Waals surface area contributed by atoms with Crippen LogP contribution in [0.4, 0.5) is 0 Å². The summed E-state index contributed by atoms with van der Waals surface area (Å²) in [5, 5.41) is 7.18. The number of rotatable bonds is 4. The van der Waals surface area contributed by atoms with E-state index in [4.69, 9.17) is 5.41 Å². The zero-order valence-corrected chi connectivity index (χ0v) is 6.33. The summed E-state index contributed by atoms with van der Waals surface area (Å²) in [5.74, 6) is 0. The average molecular weight is 125 g/mol. The number of hydrogen-bond donors (Lipinski definition) is 1. The van der Waals surface area contributed by atoms with Gasteiger partial charge in [0.05, 0.1) is 0 Å². The van der Waals surface area contributed by atoms with Crippen LogP contribution in [-0.4, -0.2) is 5.71 Å². The van der Waals surface area contributed by atoms with Crippen molar-refractivity contribution >= 4 is 5.71 Å². The van der Waals surface area contributed by atoms with E-state index in [0.29, 0.717) is 5.71 Å². The second kappa shape index (κ2) is 4.30. The minimum atomic E-state index is 0.628. The van der Waals surface area contributed by atoms with Crippen molar-refractivity contribution in [2.75, 3.05) is 0 Å². The van der Waals surface area contributed by atoms with Gasteiger partial charge < -0.3 is 5.41 Å². The average Bonchev–Trinajstić information content (AvgIpc) is 1.82. The molecule has 9 heavy (non-hydrogen) atoms. The molecule has 1 heteroatoms. The topological polar surface area (TPSA) is 23.9 Å². The molecular formula is C8H15N. The van der Waals surface area contributed by atoms with Crippen molar-refractivity contribution < 1.29 is 0 Å². The Bertz CT molecular complexity index is 114. The first kappa shape index (κ1) is 8.41. The van der Waals surface area contributed by atoms with E-state index in [2.05, 4.69) is 13.5 Å². The highest BCUT2D eigenvalue weighted by molar-refractivity contribution is 5.94. The predicted octanol–water partition coefficient (Wildman–Crippen LogP) is 2.77. The molecule has 0 aromatic heterocycles. The predicted molar refractivity (Wildman–Crippen MR) is 42.1 cm³/mol. The van der Waals surface area contributed by atoms with Gasteiger partial charge in [0.1, 0.15) is 0 Å². The number of nitrogens with one attached hydrogen (secondary N) is 1. The molecule has 1 nitrogen and oxygen atoms in total. The van der Waals surface area contributed by atoms with E-state index in [1.165, 1.54) is 6.42 Å². The normalized spacial score (nSPS) is 9.11. The van der Waals surface area contributed by atoms with Crippen molar-refractivity contribution in [2.24, 2.45) is 0 Å². The summed E-state index contributed by atoms with van der Waals surface area (Å²) in [6.07, 6.45) is 3.34. The third-order valence-electron chi connectivity index (χ3n) is 1.36. The maximum atomic E-state index is 7.18. The standard InChI is InChI=1S/C8H15N/c1-4-5-6-7(2)8(3)9/h9H,2,4-6H2,1,3H3. The maximum Gasteiger partial charge on any atom is 0.0308 e. The van der Waals surface area contributed by atoms with Crippen LogP contribution in [0.15, 0.2) is 12.2 Å². The SMILES string of the molecule is C=C(CCCC)C(C)=N. The molecule has 0 spiro atoms. The second-order valence-electron chi connectivity index (χ2n) is 2.33. The zero-order valence-electron chi connectivity index (χ0n) is 6.33. The van der Waals surface area contributed by atoms with Crippen LogP contribution >= 0.6 is 0 Å². The van der Waals surface area contributed by atoms with Gasteiger partial charge in [0.25, 0.3) is 0 Å². The summed E-state index contributed by atoms with van der Waals surface area (Å²) in [6, 6.07) is 0. The van der Waals surface area contributed by atoms with E-state index in [0.717, 1.165) is 18.4 Å². The van der Waals surface area contributed by atoms with Gasteiger partial charge in [-0.25, -0.2) is 0 Å². The van der Waals surface area contributed by atoms with Crippen LogP contribution in [0, 0.1) is 5.41 Å². The molecule has 0 unspecified atom stereocenters. The molecule has 0 saturated heterocycles. The van der Waals surface area contributed by atoms with Crippen LogP contribution in [0.3, 0.4) is 0 Å². The van der Waals surface area contributed by atoms with Crippen LogP contribution in [0.1, 0.15) is 33.1 Å². The number of allylic oxidation sites excluding steroid dienone is 1. The summed E-state index contributed by atoms with van der Waals surface area (Å²) in [7, 11) is 0. The Kier molecular flexibility index (Phi) is 4.02. The van der Waals surface area contributed by atoms with Gasteiger partial charge >= 0.3 is 0 Å². The van der Waals surface area contributed by atoms with E-state index in [1.54, 1.807) is 6.92 Å². The smallest absolute Gasteiger partial charge is 0.0308 e. The monoisotopic (exact) mass is 125 g/mol. The lowest BCUT2D eigenvalue weighted by Crippen LogP contribution is -1.92. The van der Waals surface area contributed by atoms with Gasteiger partial charge in [-0.15, -0.1) is 0 Å². The Balaban J connectivity index is 3.39. The molecule has 0 amide bonds. The van der Waals surface area contributed by atoms with Gasteiger partial charge in [-0.05, 0) is 25.3 Å². The Morgan fingerprint density at radius 3 is 2.44 bits per heavy atom. The fourth-order valence-corrected chi connectivity index (χ4v) is 0.578. The molecule has 0 heterocycles. The van der Waals surface area contributed by atoms with Gasteiger partial charge in [0, 0.05) is 5.71 Å². The van der Waals surface area contributed by atoms with Gasteiger partial charge in [0.2, 0.25) is 0 Å². The van der Waals surface area contributed by atoms with Gasteiger partial charge in [-0.3, -0.25) is 0 Å². The quantitative estimate of drug-likeness (QED) is 0.559. The minimum absolute atomic E-state index is 0.628. The molecule has 0 aromatic rings. The highest BCUT2D eigenvalue weighted by Gasteiger charge is 1.93. The van der Waals surface area contributed by atoms with Gasteiger partial charge in [-0.1, -0.05) is 19.9 Å². The highest BCUT2D eigenvalue weighted by Crippen LogP contribution is 2.04. The summed E-state index contributed by atoms with van der Waals surface area (Å²) in [4.78, 5) is 0. The number of hydrogen-bond acceptors (Lipinski definition) is 1. The van der Waals surface area contributed by atoms with E-state index < -0.39 is 0 Å². The lowest BCUT2D eigenvalue weighted by Gasteiger charge is -1.99. The van der Waals surface area contributed by atoms with Gasteiger partial charge in [-0.2, -0.15) is 0 Å². The summed E-state index contributed by atoms with van der Waals surface area (Å²) in [6.45, 7) is 7.70. The molecule has 0 aliphatic heterocycles. The Morgan fingerprint density at radius 2 is 2.11 bits per heavy atom. The van der Waals surface area contributed by atoms with Crippen molar-refractivity contribution in [1.29, 1.82) is 5.41 Å². The molecule has 0 aliphatic carbocycles. The first-order valence-electron chi connectivity index (χ1n) is 3.41. The largest absolute Gasteiger partial charge is 0.305 e. The molecule has 0 fully saturated rings. The molecule has 52 valence electrons. The lowest BCUT2D eigenvalue weighted by atomic mass is 10.1. The first-order valence-corrected chi connectivity index (χ1v) is 3.41. The van der Waals surface area contributed by atoms with Crippen molar-refractivity contribution in [2.45, 2.75) is 33.1 Å². The molecule has 0 radical (unpaired) electrons. The summed E-state index contributed by atoms with van der Waals surface area (Å²) < 4.78 is 0. The third kappa shape index (κ3) is 3.95. The number of unbranched alkanes of at least 4 members (excludes halogenated alkanes) is 1. The zero-order chi connectivity index (χ0) is 7.28. The summed E-state index contributed by atoms with van der Waals surface area (Å²) >= 11 is 0. The van der Waals surface area contributed by atoms with Crippen LogP contribution in [0.25, 0.3) is 0 Å². The van der Waals surface area contributed by atoms with Crippen molar-refractivity contribution in [3.8, 4) is 0 Å². The minimum Gasteiger partial charge on any atom is -0.305 e. The van der Waals surface area contributed by atoms with E-state index >= 15 is 0 Å². The first-order chi connectivity index (χ1) is 4.18. The molecular weight excluding hydrogens is 110 g/mol. The molecule has 0 saturated carbocycles. The molecule has 0 bridgehead atoms. The fourth-order valence-electron chi connectivity index (χ4n) is 0.578. The van der Waals surface area contributed by atoms with Crippen LogP contribution in [-0.2, 0) is 0 Å². The molecule has 0 rings (SSSR count). The lowest BCUT2D eigenvalue weighted by molar-refractivity contribution is 0.803. The molecule has 0 aliphatic rings. The molecule has 1 N–H and O–H groups in total. The molecule has 0 aromatic carbocycles. The Morgan fingerprint density at radius 1 is 1.56 bits per heavy atom. The third-order valence-corrected chi connectivity index (χ3v) is 1.36. The second-order valence-corrected chi connectivity index (χ2v) is 2.33. The van der Waals surface area contributed by atoms with E-state index in [9.17, 15) is 0 Å². The molecule has 0 atom stereocenters. The van der Waals surface area contributed by atoms with E-state index in [-0.39, 0.29) is 0 Å². The fraction of sp³-hybridized carbons (Fsp3) is 0.625. The van der Waals surface area contributed by atoms with Crippen molar-refractivity contribution in [1.82, 2.24) is 0 Å². The Hall–Kier alpha value is -0.590. The van der Waals surface area contributed by atoms with Crippen molar-refractivity contribution in [3.63, 3.8) is 0 Å². The van der Waals surface area contributed by atoms with E-state index in [1.807, 2.05) is 0 Å². The maximum absolute atomic E-state index is 7.18. The van der Waals surface area contributed by atoms with Crippen molar-refractivity contribution in [3.05, 3.63) is 12.2 Å².